The first kappa shape index (κ1) is 15.6. The Morgan fingerprint density at radius 3 is 2.95 bits per heavy atom. The van der Waals surface area contributed by atoms with Crippen molar-refractivity contribution in [1.29, 1.82) is 0 Å². The summed E-state index contributed by atoms with van der Waals surface area (Å²) in [5.74, 6) is 1.70. The third kappa shape index (κ3) is 4.37. The van der Waals surface area contributed by atoms with Gasteiger partial charge in [-0.15, -0.1) is 0 Å². The molecule has 122 valence electrons. The summed E-state index contributed by atoms with van der Waals surface area (Å²) < 4.78 is 11.3. The quantitative estimate of drug-likeness (QED) is 0.848. The summed E-state index contributed by atoms with van der Waals surface area (Å²) in [6.07, 6.45) is 8.11. The Morgan fingerprint density at radius 2 is 2.09 bits per heavy atom. The van der Waals surface area contributed by atoms with Crippen LogP contribution in [-0.4, -0.2) is 37.0 Å². The maximum atomic E-state index is 10.1. The van der Waals surface area contributed by atoms with Crippen LogP contribution in [0.2, 0.25) is 0 Å². The van der Waals surface area contributed by atoms with Crippen LogP contribution in [0.4, 0.5) is 0 Å². The summed E-state index contributed by atoms with van der Waals surface area (Å²) in [5.41, 5.74) is 1.25. The smallest absolute Gasteiger partial charge is 0.126 e. The van der Waals surface area contributed by atoms with Gasteiger partial charge in [-0.1, -0.05) is 25.3 Å². The van der Waals surface area contributed by atoms with Crippen LogP contribution in [-0.2, 0) is 6.42 Å². The monoisotopic (exact) mass is 305 g/mol. The summed E-state index contributed by atoms with van der Waals surface area (Å²) in [6.45, 7) is 1.70. The van der Waals surface area contributed by atoms with E-state index in [-0.39, 0.29) is 0 Å². The summed E-state index contributed by atoms with van der Waals surface area (Å²) in [6, 6.07) is 6.54. The van der Waals surface area contributed by atoms with Gasteiger partial charge in [0.1, 0.15) is 24.2 Å². The molecule has 0 aromatic heterocycles. The van der Waals surface area contributed by atoms with E-state index in [2.05, 4.69) is 11.4 Å². The lowest BCUT2D eigenvalue weighted by Gasteiger charge is -2.24. The Hall–Kier alpha value is -1.26. The largest absolute Gasteiger partial charge is 0.493 e. The van der Waals surface area contributed by atoms with E-state index < -0.39 is 6.10 Å². The fourth-order valence-corrected chi connectivity index (χ4v) is 3.27. The lowest BCUT2D eigenvalue weighted by Crippen LogP contribution is -2.38. The minimum atomic E-state index is -0.473. The lowest BCUT2D eigenvalue weighted by atomic mass is 9.95. The van der Waals surface area contributed by atoms with E-state index in [4.69, 9.17) is 9.47 Å². The van der Waals surface area contributed by atoms with Gasteiger partial charge in [-0.3, -0.25) is 0 Å². The highest BCUT2D eigenvalue weighted by molar-refractivity contribution is 5.41. The lowest BCUT2D eigenvalue weighted by molar-refractivity contribution is 0.101. The van der Waals surface area contributed by atoms with Crippen LogP contribution < -0.4 is 14.8 Å². The molecule has 1 unspecified atom stereocenters. The van der Waals surface area contributed by atoms with Crippen molar-refractivity contribution in [1.82, 2.24) is 5.32 Å². The van der Waals surface area contributed by atoms with Gasteiger partial charge in [0.15, 0.2) is 0 Å². The van der Waals surface area contributed by atoms with Crippen LogP contribution in [0.3, 0.4) is 0 Å². The zero-order valence-electron chi connectivity index (χ0n) is 13.2. The highest BCUT2D eigenvalue weighted by Gasteiger charge is 2.15. The van der Waals surface area contributed by atoms with Gasteiger partial charge in [-0.25, -0.2) is 0 Å². The van der Waals surface area contributed by atoms with Crippen LogP contribution >= 0.6 is 0 Å². The number of aryl methyl sites for hydroxylation is 1. The number of hydrogen-bond acceptors (Lipinski definition) is 4. The first-order valence-electron chi connectivity index (χ1n) is 8.61. The van der Waals surface area contributed by atoms with Gasteiger partial charge >= 0.3 is 0 Å². The summed E-state index contributed by atoms with van der Waals surface area (Å²) in [4.78, 5) is 0. The molecule has 2 N–H and O–H groups in total. The molecule has 1 aromatic rings. The van der Waals surface area contributed by atoms with E-state index in [1.54, 1.807) is 0 Å². The van der Waals surface area contributed by atoms with E-state index in [1.807, 2.05) is 12.1 Å². The zero-order chi connectivity index (χ0) is 15.2. The molecule has 1 aromatic carbocycles. The fraction of sp³-hybridized carbons (Fsp3) is 0.667. The molecular formula is C18H27NO3. The second-order valence-corrected chi connectivity index (χ2v) is 6.43. The van der Waals surface area contributed by atoms with Crippen molar-refractivity contribution in [3.05, 3.63) is 23.8 Å². The van der Waals surface area contributed by atoms with Crippen LogP contribution in [0.1, 0.15) is 44.1 Å². The first-order valence-corrected chi connectivity index (χ1v) is 8.61. The number of benzene rings is 1. The first-order chi connectivity index (χ1) is 10.8. The molecule has 1 heterocycles. The summed E-state index contributed by atoms with van der Waals surface area (Å²) in [5, 5.41) is 13.5. The predicted octanol–water partition coefficient (Wildman–Crippen LogP) is 2.67. The number of ether oxygens (including phenoxy) is 2. The van der Waals surface area contributed by atoms with Gasteiger partial charge in [0.25, 0.3) is 0 Å². The van der Waals surface area contributed by atoms with E-state index in [1.165, 1.54) is 37.7 Å². The SMILES string of the molecule is OC(CNC1CCCCC1)COc1ccc2c(c1)OCCC2. The number of fused-ring (bicyclic) bond motifs is 1. The molecule has 1 aliphatic heterocycles. The summed E-state index contributed by atoms with van der Waals surface area (Å²) in [7, 11) is 0. The van der Waals surface area contributed by atoms with E-state index in [0.29, 0.717) is 19.2 Å². The highest BCUT2D eigenvalue weighted by Crippen LogP contribution is 2.29. The average Bonchev–Trinajstić information content (AvgIpc) is 2.59. The number of aliphatic hydroxyl groups excluding tert-OH is 1. The molecule has 0 saturated heterocycles. The van der Waals surface area contributed by atoms with E-state index in [0.717, 1.165) is 30.9 Å². The van der Waals surface area contributed by atoms with Crippen LogP contribution in [0.25, 0.3) is 0 Å². The molecular weight excluding hydrogens is 278 g/mol. The average molecular weight is 305 g/mol. The molecule has 2 aliphatic rings. The molecule has 0 spiro atoms. The standard InChI is InChI=1S/C18H27NO3/c20-16(12-19-15-6-2-1-3-7-15)13-22-17-9-8-14-5-4-10-21-18(14)11-17/h8-9,11,15-16,19-20H,1-7,10,12-13H2. The van der Waals surface area contributed by atoms with Gasteiger partial charge in [-0.2, -0.15) is 0 Å². The topological polar surface area (TPSA) is 50.7 Å². The summed E-state index contributed by atoms with van der Waals surface area (Å²) >= 11 is 0. The normalized spacial score (nSPS) is 20.0. The molecule has 0 radical (unpaired) electrons. The number of aliphatic hydroxyl groups is 1. The van der Waals surface area contributed by atoms with Crippen molar-refractivity contribution in [3.63, 3.8) is 0 Å². The van der Waals surface area contributed by atoms with Crippen LogP contribution in [0.15, 0.2) is 18.2 Å². The van der Waals surface area contributed by atoms with Crippen molar-refractivity contribution in [3.8, 4) is 11.5 Å². The van der Waals surface area contributed by atoms with Crippen LogP contribution in [0.5, 0.6) is 11.5 Å². The molecule has 22 heavy (non-hydrogen) atoms. The van der Waals surface area contributed by atoms with Gasteiger partial charge in [0, 0.05) is 18.7 Å². The van der Waals surface area contributed by atoms with Crippen molar-refractivity contribution in [2.75, 3.05) is 19.8 Å². The van der Waals surface area contributed by atoms with E-state index >= 15 is 0 Å². The Balaban J connectivity index is 1.41. The molecule has 4 heteroatoms. The van der Waals surface area contributed by atoms with Gasteiger partial charge in [0.05, 0.1) is 6.61 Å². The molecule has 3 rings (SSSR count). The highest BCUT2D eigenvalue weighted by atomic mass is 16.5. The number of hydrogen-bond donors (Lipinski definition) is 2. The molecule has 1 saturated carbocycles. The Labute approximate surface area is 132 Å². The van der Waals surface area contributed by atoms with Crippen LogP contribution in [0, 0.1) is 0 Å². The minimum Gasteiger partial charge on any atom is -0.493 e. The van der Waals surface area contributed by atoms with Gasteiger partial charge < -0.3 is 19.9 Å². The maximum absolute atomic E-state index is 10.1. The van der Waals surface area contributed by atoms with E-state index in [9.17, 15) is 5.11 Å². The molecule has 0 amide bonds. The number of rotatable bonds is 6. The molecule has 1 aliphatic carbocycles. The maximum Gasteiger partial charge on any atom is 0.126 e. The third-order valence-corrected chi connectivity index (χ3v) is 4.58. The zero-order valence-corrected chi connectivity index (χ0v) is 13.2. The van der Waals surface area contributed by atoms with Crippen molar-refractivity contribution >= 4 is 0 Å². The second kappa shape index (κ2) is 7.84. The predicted molar refractivity (Wildman–Crippen MR) is 86.6 cm³/mol. The second-order valence-electron chi connectivity index (χ2n) is 6.43. The molecule has 0 bridgehead atoms. The molecule has 1 atom stereocenters. The Morgan fingerprint density at radius 1 is 1.23 bits per heavy atom. The number of nitrogens with one attached hydrogen (secondary N) is 1. The molecule has 1 fully saturated rings. The van der Waals surface area contributed by atoms with Crippen molar-refractivity contribution < 1.29 is 14.6 Å². The minimum absolute atomic E-state index is 0.318. The van der Waals surface area contributed by atoms with Crippen molar-refractivity contribution in [2.45, 2.75) is 57.1 Å². The van der Waals surface area contributed by atoms with Gasteiger partial charge in [-0.05, 0) is 37.3 Å². The Kier molecular flexibility index (Phi) is 5.57. The fourth-order valence-electron chi connectivity index (χ4n) is 3.27. The Bertz CT molecular complexity index is 471. The molecule has 4 nitrogen and oxygen atoms in total. The van der Waals surface area contributed by atoms with Gasteiger partial charge in [0.2, 0.25) is 0 Å². The van der Waals surface area contributed by atoms with Crippen molar-refractivity contribution in [2.24, 2.45) is 0 Å². The third-order valence-electron chi connectivity index (χ3n) is 4.58.